The van der Waals surface area contributed by atoms with E-state index >= 15 is 0 Å². The fraction of sp³-hybridized carbons (Fsp3) is 0.636. The van der Waals surface area contributed by atoms with Crippen LogP contribution in [0.15, 0.2) is 12.1 Å². The normalized spacial score (nSPS) is 30.1. The number of carbonyl (C=O) groups excluding carboxylic acids is 1. The van der Waals surface area contributed by atoms with Gasteiger partial charge in [-0.2, -0.15) is 0 Å². The smallest absolute Gasteiger partial charge is 0.253 e. The SMILES string of the molecule is COc1ccc(C(=O)NC2CCCN(C)C2)c2nc(C3CC4CCC3C4)[nH]c12. The van der Waals surface area contributed by atoms with Crippen molar-refractivity contribution in [3.05, 3.63) is 23.5 Å². The van der Waals surface area contributed by atoms with E-state index in [0.29, 0.717) is 11.5 Å². The predicted molar refractivity (Wildman–Crippen MR) is 109 cm³/mol. The van der Waals surface area contributed by atoms with Gasteiger partial charge in [0, 0.05) is 18.5 Å². The average molecular weight is 383 g/mol. The van der Waals surface area contributed by atoms with Crippen molar-refractivity contribution in [1.82, 2.24) is 20.2 Å². The molecule has 5 rings (SSSR count). The lowest BCUT2D eigenvalue weighted by Crippen LogP contribution is -2.46. The molecule has 1 saturated heterocycles. The lowest BCUT2D eigenvalue weighted by molar-refractivity contribution is 0.0914. The van der Waals surface area contributed by atoms with Crippen LogP contribution in [0, 0.1) is 11.8 Å². The molecular weight excluding hydrogens is 352 g/mol. The van der Waals surface area contributed by atoms with E-state index in [1.54, 1.807) is 7.11 Å². The minimum atomic E-state index is -0.0288. The molecule has 2 aliphatic carbocycles. The van der Waals surface area contributed by atoms with Crippen molar-refractivity contribution < 1.29 is 9.53 Å². The molecule has 2 aromatic rings. The van der Waals surface area contributed by atoms with Gasteiger partial charge in [0.15, 0.2) is 0 Å². The standard InChI is InChI=1S/C22H30N4O2/c1-26-9-3-4-15(12-26)23-22(27)16-7-8-18(28-2)20-19(16)24-21(25-20)17-11-13-5-6-14(17)10-13/h7-8,13-15,17H,3-6,9-12H2,1-2H3,(H,23,27)(H,24,25). The Morgan fingerprint density at radius 3 is 2.89 bits per heavy atom. The van der Waals surface area contributed by atoms with Crippen LogP contribution in [-0.4, -0.2) is 54.1 Å². The van der Waals surface area contributed by atoms with Gasteiger partial charge in [0.05, 0.1) is 12.7 Å². The lowest BCUT2D eigenvalue weighted by atomic mass is 9.88. The Balaban J connectivity index is 1.46. The molecule has 3 aliphatic rings. The molecule has 0 spiro atoms. The molecule has 2 bridgehead atoms. The summed E-state index contributed by atoms with van der Waals surface area (Å²) >= 11 is 0. The number of H-pyrrole nitrogens is 1. The van der Waals surface area contributed by atoms with Gasteiger partial charge in [0.2, 0.25) is 0 Å². The van der Waals surface area contributed by atoms with Gasteiger partial charge in [0.25, 0.3) is 5.91 Å². The third kappa shape index (κ3) is 3.08. The van der Waals surface area contributed by atoms with Gasteiger partial charge >= 0.3 is 0 Å². The van der Waals surface area contributed by atoms with Gasteiger partial charge in [-0.3, -0.25) is 4.79 Å². The van der Waals surface area contributed by atoms with Gasteiger partial charge in [-0.1, -0.05) is 6.42 Å². The van der Waals surface area contributed by atoms with Crippen LogP contribution in [-0.2, 0) is 0 Å². The highest BCUT2D eigenvalue weighted by atomic mass is 16.5. The summed E-state index contributed by atoms with van der Waals surface area (Å²) in [5, 5.41) is 3.23. The first kappa shape index (κ1) is 18.0. The maximum atomic E-state index is 13.1. The Morgan fingerprint density at radius 1 is 1.29 bits per heavy atom. The van der Waals surface area contributed by atoms with E-state index in [1.165, 1.54) is 25.7 Å². The Labute approximate surface area is 166 Å². The van der Waals surface area contributed by atoms with Crippen LogP contribution in [0.2, 0.25) is 0 Å². The average Bonchev–Trinajstić information content (AvgIpc) is 3.42. The van der Waals surface area contributed by atoms with E-state index in [0.717, 1.165) is 60.4 Å². The number of fused-ring (bicyclic) bond motifs is 3. The zero-order valence-corrected chi connectivity index (χ0v) is 16.8. The Kier molecular flexibility index (Phi) is 4.54. The summed E-state index contributed by atoms with van der Waals surface area (Å²) in [5.74, 6) is 3.87. The van der Waals surface area contributed by atoms with Gasteiger partial charge in [-0.15, -0.1) is 0 Å². The molecule has 2 saturated carbocycles. The summed E-state index contributed by atoms with van der Waals surface area (Å²) in [6, 6.07) is 3.94. The zero-order chi connectivity index (χ0) is 19.3. The summed E-state index contributed by atoms with van der Waals surface area (Å²) in [6.45, 7) is 2.01. The van der Waals surface area contributed by atoms with E-state index in [2.05, 4.69) is 22.2 Å². The number of aromatic amines is 1. The van der Waals surface area contributed by atoms with Crippen molar-refractivity contribution in [1.29, 1.82) is 0 Å². The second-order valence-electron chi connectivity index (χ2n) is 9.02. The molecule has 3 fully saturated rings. The predicted octanol–water partition coefficient (Wildman–Crippen LogP) is 3.30. The van der Waals surface area contributed by atoms with Crippen molar-refractivity contribution in [2.75, 3.05) is 27.2 Å². The zero-order valence-electron chi connectivity index (χ0n) is 16.8. The van der Waals surface area contributed by atoms with E-state index in [1.807, 2.05) is 12.1 Å². The molecule has 1 amide bonds. The number of benzene rings is 1. The quantitative estimate of drug-likeness (QED) is 0.851. The first-order valence-corrected chi connectivity index (χ1v) is 10.7. The number of piperidine rings is 1. The van der Waals surface area contributed by atoms with Crippen molar-refractivity contribution >= 4 is 16.9 Å². The number of ether oxygens (including phenoxy) is 1. The van der Waals surface area contributed by atoms with Crippen LogP contribution < -0.4 is 10.1 Å². The van der Waals surface area contributed by atoms with Crippen LogP contribution in [0.5, 0.6) is 5.75 Å². The van der Waals surface area contributed by atoms with Crippen LogP contribution >= 0.6 is 0 Å². The first-order chi connectivity index (χ1) is 13.6. The molecule has 4 unspecified atom stereocenters. The number of aromatic nitrogens is 2. The maximum absolute atomic E-state index is 13.1. The molecule has 6 nitrogen and oxygen atoms in total. The van der Waals surface area contributed by atoms with Crippen LogP contribution in [0.1, 0.15) is 60.6 Å². The largest absolute Gasteiger partial charge is 0.494 e. The van der Waals surface area contributed by atoms with Crippen LogP contribution in [0.3, 0.4) is 0 Å². The molecule has 6 heteroatoms. The Hall–Kier alpha value is -2.08. The number of rotatable bonds is 4. The number of methoxy groups -OCH3 is 1. The molecule has 1 aromatic heterocycles. The summed E-state index contributed by atoms with van der Waals surface area (Å²) in [4.78, 5) is 23.8. The molecule has 0 radical (unpaired) electrons. The van der Waals surface area contributed by atoms with Crippen molar-refractivity contribution in [2.45, 2.75) is 50.5 Å². The highest BCUT2D eigenvalue weighted by Gasteiger charge is 2.41. The number of likely N-dealkylation sites (tertiary alicyclic amines) is 1. The molecule has 2 heterocycles. The number of hydrogen-bond donors (Lipinski definition) is 2. The number of carbonyl (C=O) groups is 1. The monoisotopic (exact) mass is 382 g/mol. The second kappa shape index (κ2) is 7.07. The number of likely N-dealkylation sites (N-methyl/N-ethyl adjacent to an activating group) is 1. The molecular formula is C22H30N4O2. The molecule has 28 heavy (non-hydrogen) atoms. The minimum Gasteiger partial charge on any atom is -0.494 e. The number of nitrogens with one attached hydrogen (secondary N) is 2. The number of amides is 1. The Morgan fingerprint density at radius 2 is 2.18 bits per heavy atom. The maximum Gasteiger partial charge on any atom is 0.253 e. The van der Waals surface area contributed by atoms with Gasteiger partial charge < -0.3 is 19.9 Å². The Bertz CT molecular complexity index is 892. The summed E-state index contributed by atoms with van der Waals surface area (Å²) in [7, 11) is 3.78. The fourth-order valence-electron chi connectivity index (χ4n) is 5.74. The van der Waals surface area contributed by atoms with Crippen molar-refractivity contribution in [3.8, 4) is 5.75 Å². The molecule has 4 atom stereocenters. The summed E-state index contributed by atoms with van der Waals surface area (Å²) in [5.41, 5.74) is 2.25. The van der Waals surface area contributed by atoms with Gasteiger partial charge in [-0.25, -0.2) is 4.98 Å². The second-order valence-corrected chi connectivity index (χ2v) is 9.02. The summed E-state index contributed by atoms with van der Waals surface area (Å²) in [6.07, 6.45) is 7.40. The topological polar surface area (TPSA) is 70.2 Å². The highest BCUT2D eigenvalue weighted by Crippen LogP contribution is 2.52. The lowest BCUT2D eigenvalue weighted by Gasteiger charge is -2.30. The van der Waals surface area contributed by atoms with Gasteiger partial charge in [-0.05, 0) is 69.7 Å². The first-order valence-electron chi connectivity index (χ1n) is 10.7. The number of imidazole rings is 1. The minimum absolute atomic E-state index is 0.0288. The van der Waals surface area contributed by atoms with E-state index in [9.17, 15) is 4.79 Å². The van der Waals surface area contributed by atoms with Gasteiger partial charge in [0.1, 0.15) is 22.6 Å². The highest BCUT2D eigenvalue weighted by molar-refractivity contribution is 6.06. The van der Waals surface area contributed by atoms with E-state index in [4.69, 9.17) is 9.72 Å². The number of hydrogen-bond acceptors (Lipinski definition) is 4. The third-order valence-corrected chi connectivity index (χ3v) is 7.14. The van der Waals surface area contributed by atoms with Crippen LogP contribution in [0.25, 0.3) is 11.0 Å². The van der Waals surface area contributed by atoms with E-state index < -0.39 is 0 Å². The fourth-order valence-corrected chi connectivity index (χ4v) is 5.74. The molecule has 1 aromatic carbocycles. The van der Waals surface area contributed by atoms with Crippen molar-refractivity contribution in [3.63, 3.8) is 0 Å². The van der Waals surface area contributed by atoms with E-state index in [-0.39, 0.29) is 11.9 Å². The molecule has 1 aliphatic heterocycles. The van der Waals surface area contributed by atoms with Crippen molar-refractivity contribution in [2.24, 2.45) is 11.8 Å². The molecule has 150 valence electrons. The van der Waals surface area contributed by atoms with Crippen LogP contribution in [0.4, 0.5) is 0 Å². The number of nitrogens with zero attached hydrogens (tertiary/aromatic N) is 2. The summed E-state index contributed by atoms with van der Waals surface area (Å²) < 4.78 is 5.55. The molecule has 2 N–H and O–H groups in total. The third-order valence-electron chi connectivity index (χ3n) is 7.14.